The molecule has 1 aromatic heterocycles. The van der Waals surface area contributed by atoms with Crippen LogP contribution in [0.15, 0.2) is 6.07 Å². The molecule has 0 radical (unpaired) electrons. The maximum atomic E-state index is 12.2. The van der Waals surface area contributed by atoms with Gasteiger partial charge in [0.15, 0.2) is 24.5 Å². The minimum Gasteiger partial charge on any atom is -0.463 e. The molecule has 5 atom stereocenters. The molecule has 12 heteroatoms. The Morgan fingerprint density at radius 1 is 0.946 bits per heavy atom. The van der Waals surface area contributed by atoms with E-state index < -0.39 is 54.5 Å². The average molecular weight is 535 g/mol. The lowest BCUT2D eigenvalue weighted by molar-refractivity contribution is -0.269. The summed E-state index contributed by atoms with van der Waals surface area (Å²) in [6.07, 6.45) is -2.08. The number of aryl methyl sites for hydroxylation is 1. The van der Waals surface area contributed by atoms with E-state index in [1.54, 1.807) is 10.6 Å². The van der Waals surface area contributed by atoms with E-state index >= 15 is 0 Å². The normalized spacial score (nSPS) is 25.0. The van der Waals surface area contributed by atoms with Gasteiger partial charge in [-0.15, -0.1) is 0 Å². The van der Waals surface area contributed by atoms with Crippen LogP contribution in [0.1, 0.15) is 70.0 Å². The topological polar surface area (TPSA) is 143 Å². The summed E-state index contributed by atoms with van der Waals surface area (Å²) < 4.78 is 29.9. The van der Waals surface area contributed by atoms with Crippen LogP contribution in [-0.4, -0.2) is 59.5 Å². The molecule has 3 rings (SSSR count). The SMILES string of the molecule is CC(=O)OC[C@H]1O[C@@H](n2c3c(cc(C#N)c2=S)CCCCC3)[C@@H](OC(C)=O)[C@@H](OC(C)=O)[C@H]1OC(C)=O. The van der Waals surface area contributed by atoms with E-state index in [4.69, 9.17) is 35.9 Å². The van der Waals surface area contributed by atoms with Gasteiger partial charge < -0.3 is 28.3 Å². The number of carbonyl (C=O) groups is 4. The molecule has 0 amide bonds. The Morgan fingerprint density at radius 3 is 2.14 bits per heavy atom. The molecule has 1 saturated heterocycles. The van der Waals surface area contributed by atoms with Crippen molar-refractivity contribution < 1.29 is 42.9 Å². The zero-order valence-electron chi connectivity index (χ0n) is 21.2. The first-order valence-electron chi connectivity index (χ1n) is 12.0. The number of nitrogens with zero attached hydrogens (tertiary/aromatic N) is 2. The number of hydrogen-bond acceptors (Lipinski definition) is 11. The van der Waals surface area contributed by atoms with E-state index in [1.807, 2.05) is 0 Å². The predicted octanol–water partition coefficient (Wildman–Crippen LogP) is 2.61. The monoisotopic (exact) mass is 534 g/mol. The summed E-state index contributed by atoms with van der Waals surface area (Å²) in [5.41, 5.74) is 1.96. The van der Waals surface area contributed by atoms with Crippen molar-refractivity contribution in [2.75, 3.05) is 6.61 Å². The maximum Gasteiger partial charge on any atom is 0.303 e. The summed E-state index contributed by atoms with van der Waals surface area (Å²) in [4.78, 5) is 47.9. The lowest BCUT2D eigenvalue weighted by atomic mass is 9.96. The van der Waals surface area contributed by atoms with Crippen LogP contribution in [0.4, 0.5) is 0 Å². The van der Waals surface area contributed by atoms with Gasteiger partial charge in [-0.2, -0.15) is 5.26 Å². The molecular formula is C25H30N2O9S. The van der Waals surface area contributed by atoms with Crippen molar-refractivity contribution in [3.8, 4) is 6.07 Å². The average Bonchev–Trinajstić information content (AvgIpc) is 3.05. The van der Waals surface area contributed by atoms with Crippen LogP contribution in [-0.2, 0) is 55.7 Å². The molecule has 1 fully saturated rings. The second kappa shape index (κ2) is 12.3. The summed E-state index contributed by atoms with van der Waals surface area (Å²) in [5.74, 6) is -2.75. The van der Waals surface area contributed by atoms with Crippen LogP contribution in [0.2, 0.25) is 0 Å². The van der Waals surface area contributed by atoms with Crippen molar-refractivity contribution in [2.24, 2.45) is 0 Å². The molecule has 0 bridgehead atoms. The van der Waals surface area contributed by atoms with Crippen molar-refractivity contribution in [3.63, 3.8) is 0 Å². The number of hydrogen-bond donors (Lipinski definition) is 0. The molecule has 0 aromatic carbocycles. The van der Waals surface area contributed by atoms with Gasteiger partial charge in [-0.25, -0.2) is 0 Å². The number of fused-ring (bicyclic) bond motifs is 1. The minimum atomic E-state index is -1.32. The highest BCUT2D eigenvalue weighted by Crippen LogP contribution is 2.37. The Morgan fingerprint density at radius 2 is 1.54 bits per heavy atom. The molecule has 0 N–H and O–H groups in total. The molecular weight excluding hydrogens is 504 g/mol. The van der Waals surface area contributed by atoms with E-state index in [1.165, 1.54) is 13.8 Å². The number of esters is 4. The van der Waals surface area contributed by atoms with E-state index in [9.17, 15) is 24.4 Å². The third-order valence-electron chi connectivity index (χ3n) is 6.13. The van der Waals surface area contributed by atoms with Crippen LogP contribution in [0.25, 0.3) is 0 Å². The van der Waals surface area contributed by atoms with Crippen LogP contribution in [0.5, 0.6) is 0 Å². The number of ether oxygens (including phenoxy) is 5. The van der Waals surface area contributed by atoms with E-state index in [2.05, 4.69) is 6.07 Å². The molecule has 0 unspecified atom stereocenters. The first-order chi connectivity index (χ1) is 17.5. The molecule has 0 saturated carbocycles. The highest BCUT2D eigenvalue weighted by atomic mass is 32.1. The smallest absolute Gasteiger partial charge is 0.303 e. The fraction of sp³-hybridized carbons (Fsp3) is 0.600. The van der Waals surface area contributed by atoms with E-state index in [-0.39, 0.29) is 16.8 Å². The molecule has 0 spiro atoms. The van der Waals surface area contributed by atoms with Gasteiger partial charge in [0, 0.05) is 33.4 Å². The van der Waals surface area contributed by atoms with E-state index in [0.717, 1.165) is 44.4 Å². The number of rotatable bonds is 6. The maximum absolute atomic E-state index is 12.2. The Kier molecular flexibility index (Phi) is 9.39. The Labute approximate surface area is 219 Å². The third kappa shape index (κ3) is 6.72. The fourth-order valence-corrected chi connectivity index (χ4v) is 5.09. The summed E-state index contributed by atoms with van der Waals surface area (Å²) in [6.45, 7) is 4.36. The van der Waals surface area contributed by atoms with Crippen LogP contribution < -0.4 is 0 Å². The number of nitriles is 1. The molecule has 1 aliphatic carbocycles. The lowest BCUT2D eigenvalue weighted by Crippen LogP contribution is -2.60. The van der Waals surface area contributed by atoms with Crippen LogP contribution in [0, 0.1) is 16.0 Å². The van der Waals surface area contributed by atoms with Crippen molar-refractivity contribution in [1.82, 2.24) is 4.57 Å². The molecule has 200 valence electrons. The van der Waals surface area contributed by atoms with Gasteiger partial charge in [0.1, 0.15) is 23.4 Å². The predicted molar refractivity (Wildman–Crippen MR) is 128 cm³/mol. The molecule has 2 aliphatic rings. The van der Waals surface area contributed by atoms with Gasteiger partial charge in [-0.1, -0.05) is 18.6 Å². The second-order valence-electron chi connectivity index (χ2n) is 8.97. The summed E-state index contributed by atoms with van der Waals surface area (Å²) in [5, 5.41) is 9.79. The van der Waals surface area contributed by atoms with Gasteiger partial charge in [0.05, 0.1) is 5.56 Å². The fourth-order valence-electron chi connectivity index (χ4n) is 4.77. The van der Waals surface area contributed by atoms with Gasteiger partial charge in [0.25, 0.3) is 0 Å². The Bertz CT molecular complexity index is 1170. The molecule has 2 heterocycles. The standard InChI is InChI=1S/C25H30N2O9S/c1-13(28)32-12-20-21(33-14(2)29)22(34-15(3)30)23(35-16(4)31)24(36-20)27-19-9-7-5-6-8-17(19)10-18(11-26)25(27)37/h10,20-24H,5-9,12H2,1-4H3/t20-,21+,22+,23+,24-/m1/s1. The molecule has 1 aromatic rings. The largest absolute Gasteiger partial charge is 0.463 e. The van der Waals surface area contributed by atoms with Crippen LogP contribution in [0.3, 0.4) is 0 Å². The quantitative estimate of drug-likeness (QED) is 0.230. The second-order valence-corrected chi connectivity index (χ2v) is 9.35. The molecule has 37 heavy (non-hydrogen) atoms. The Hall–Kier alpha value is -3.30. The Balaban J connectivity index is 2.25. The molecule has 11 nitrogen and oxygen atoms in total. The first kappa shape index (κ1) is 28.3. The van der Waals surface area contributed by atoms with Crippen molar-refractivity contribution >= 4 is 36.1 Å². The highest BCUT2D eigenvalue weighted by molar-refractivity contribution is 7.71. The number of carbonyl (C=O) groups excluding carboxylic acids is 4. The zero-order valence-corrected chi connectivity index (χ0v) is 22.0. The molecule has 1 aliphatic heterocycles. The highest BCUT2D eigenvalue weighted by Gasteiger charge is 2.53. The van der Waals surface area contributed by atoms with E-state index in [0.29, 0.717) is 12.8 Å². The first-order valence-corrected chi connectivity index (χ1v) is 12.4. The van der Waals surface area contributed by atoms with Gasteiger partial charge in [-0.05, 0) is 37.3 Å². The van der Waals surface area contributed by atoms with Gasteiger partial charge in [0.2, 0.25) is 0 Å². The summed E-state index contributed by atoms with van der Waals surface area (Å²) >= 11 is 5.68. The zero-order chi connectivity index (χ0) is 27.3. The summed E-state index contributed by atoms with van der Waals surface area (Å²) in [7, 11) is 0. The van der Waals surface area contributed by atoms with Crippen LogP contribution >= 0.6 is 12.2 Å². The lowest BCUT2D eigenvalue weighted by Gasteiger charge is -2.45. The van der Waals surface area contributed by atoms with Gasteiger partial charge >= 0.3 is 23.9 Å². The summed E-state index contributed by atoms with van der Waals surface area (Å²) in [6, 6.07) is 3.89. The van der Waals surface area contributed by atoms with Crippen molar-refractivity contribution in [1.29, 1.82) is 5.26 Å². The third-order valence-corrected chi connectivity index (χ3v) is 6.55. The van der Waals surface area contributed by atoms with Crippen molar-refractivity contribution in [3.05, 3.63) is 27.5 Å². The van der Waals surface area contributed by atoms with Gasteiger partial charge in [-0.3, -0.25) is 19.2 Å². The number of aromatic nitrogens is 1. The van der Waals surface area contributed by atoms with Crippen molar-refractivity contribution in [2.45, 2.75) is 90.4 Å². The minimum absolute atomic E-state index is 0.157. The number of pyridine rings is 1.